The van der Waals surface area contributed by atoms with E-state index in [0.29, 0.717) is 5.41 Å². The van der Waals surface area contributed by atoms with Crippen LogP contribution in [0.5, 0.6) is 0 Å². The van der Waals surface area contributed by atoms with Crippen LogP contribution in [0.15, 0.2) is 23.0 Å². The van der Waals surface area contributed by atoms with Crippen molar-refractivity contribution in [3.63, 3.8) is 0 Å². The van der Waals surface area contributed by atoms with Crippen LogP contribution in [0.3, 0.4) is 0 Å². The lowest BCUT2D eigenvalue weighted by Crippen LogP contribution is -2.38. The zero-order chi connectivity index (χ0) is 14.1. The Kier molecular flexibility index (Phi) is 4.88. The maximum Gasteiger partial charge on any atom is 0.0703 e. The van der Waals surface area contributed by atoms with Gasteiger partial charge in [-0.3, -0.25) is 10.00 Å². The molecule has 0 unspecified atom stereocenters. The third-order valence-electron chi connectivity index (χ3n) is 5.10. The van der Waals surface area contributed by atoms with E-state index in [9.17, 15) is 0 Å². The summed E-state index contributed by atoms with van der Waals surface area (Å²) in [7, 11) is 0. The van der Waals surface area contributed by atoms with Gasteiger partial charge in [0.2, 0.25) is 0 Å². The second-order valence-corrected chi connectivity index (χ2v) is 7.27. The first kappa shape index (κ1) is 16.0. The zero-order valence-electron chi connectivity index (χ0n) is 12.7. The van der Waals surface area contributed by atoms with Gasteiger partial charge >= 0.3 is 0 Å². The van der Waals surface area contributed by atoms with Crippen LogP contribution in [-0.4, -0.2) is 41.3 Å². The summed E-state index contributed by atoms with van der Waals surface area (Å²) < 4.78 is 0. The van der Waals surface area contributed by atoms with Crippen molar-refractivity contribution in [1.82, 2.24) is 20.4 Å². The first-order chi connectivity index (χ1) is 10.3. The van der Waals surface area contributed by atoms with E-state index in [4.69, 9.17) is 0 Å². The molecule has 6 heteroatoms. The highest BCUT2D eigenvalue weighted by Gasteiger charge is 2.38. The molecular formula is C16H23ClN4S. The molecule has 0 radical (unpaired) electrons. The molecule has 2 aromatic rings. The average Bonchev–Trinajstić information content (AvgIpc) is 3.22. The summed E-state index contributed by atoms with van der Waals surface area (Å²) in [5.41, 5.74) is 4.38. The molecule has 4 rings (SSSR count). The number of H-pyrrole nitrogens is 1. The monoisotopic (exact) mass is 338 g/mol. The van der Waals surface area contributed by atoms with E-state index in [2.05, 4.69) is 37.2 Å². The molecule has 4 nitrogen and oxygen atoms in total. The van der Waals surface area contributed by atoms with Gasteiger partial charge in [-0.05, 0) is 55.8 Å². The standard InChI is InChI=1S/C16H22N4S.ClH/c1-8-21-11-13(1)15-14(9-18-19-15)10-20-7-4-16(12-20)2-5-17-6-3-16;/h1,8-9,11,17H,2-7,10,12H2,(H,18,19);1H. The Labute approximate surface area is 141 Å². The van der Waals surface area contributed by atoms with Gasteiger partial charge in [0.15, 0.2) is 0 Å². The van der Waals surface area contributed by atoms with Crippen molar-refractivity contribution in [2.24, 2.45) is 5.41 Å². The van der Waals surface area contributed by atoms with Crippen molar-refractivity contribution in [3.8, 4) is 11.3 Å². The van der Waals surface area contributed by atoms with Gasteiger partial charge < -0.3 is 5.32 Å². The number of aromatic amines is 1. The van der Waals surface area contributed by atoms with E-state index in [1.807, 2.05) is 6.20 Å². The molecule has 1 spiro atoms. The van der Waals surface area contributed by atoms with Gasteiger partial charge in [0.25, 0.3) is 0 Å². The van der Waals surface area contributed by atoms with Gasteiger partial charge in [-0.1, -0.05) is 0 Å². The maximum absolute atomic E-state index is 4.27. The zero-order valence-corrected chi connectivity index (χ0v) is 14.3. The summed E-state index contributed by atoms with van der Waals surface area (Å²) in [6.45, 7) is 5.90. The van der Waals surface area contributed by atoms with E-state index in [1.165, 1.54) is 62.3 Å². The number of likely N-dealkylation sites (tertiary alicyclic amines) is 1. The number of aromatic nitrogens is 2. The summed E-state index contributed by atoms with van der Waals surface area (Å²) >= 11 is 1.74. The minimum absolute atomic E-state index is 0. The third kappa shape index (κ3) is 3.08. The van der Waals surface area contributed by atoms with Crippen LogP contribution in [0.4, 0.5) is 0 Å². The molecule has 120 valence electrons. The molecule has 2 fully saturated rings. The summed E-state index contributed by atoms with van der Waals surface area (Å²) in [6, 6.07) is 2.17. The number of rotatable bonds is 3. The number of thiophene rings is 1. The number of halogens is 1. The molecule has 0 aliphatic carbocycles. The summed E-state index contributed by atoms with van der Waals surface area (Å²) in [5, 5.41) is 15.2. The Morgan fingerprint density at radius 3 is 2.91 bits per heavy atom. The lowest BCUT2D eigenvalue weighted by molar-refractivity contribution is 0.194. The fourth-order valence-electron chi connectivity index (χ4n) is 3.86. The van der Waals surface area contributed by atoms with Gasteiger partial charge in [-0.2, -0.15) is 16.4 Å². The van der Waals surface area contributed by atoms with Crippen molar-refractivity contribution in [1.29, 1.82) is 0 Å². The summed E-state index contributed by atoms with van der Waals surface area (Å²) in [5.74, 6) is 0. The summed E-state index contributed by atoms with van der Waals surface area (Å²) in [6.07, 6.45) is 6.04. The fraction of sp³-hybridized carbons (Fsp3) is 0.562. The predicted octanol–water partition coefficient (Wildman–Crippen LogP) is 3.14. The largest absolute Gasteiger partial charge is 0.317 e. The molecule has 2 saturated heterocycles. The van der Waals surface area contributed by atoms with Crippen molar-refractivity contribution < 1.29 is 0 Å². The van der Waals surface area contributed by atoms with Crippen LogP contribution < -0.4 is 5.32 Å². The molecule has 0 amide bonds. The number of nitrogens with zero attached hydrogens (tertiary/aromatic N) is 2. The van der Waals surface area contributed by atoms with Crippen LogP contribution >= 0.6 is 23.7 Å². The topological polar surface area (TPSA) is 44.0 Å². The lowest BCUT2D eigenvalue weighted by Gasteiger charge is -2.33. The Morgan fingerprint density at radius 2 is 2.14 bits per heavy atom. The van der Waals surface area contributed by atoms with Crippen molar-refractivity contribution >= 4 is 23.7 Å². The predicted molar refractivity (Wildman–Crippen MR) is 93.6 cm³/mol. The third-order valence-corrected chi connectivity index (χ3v) is 5.79. The van der Waals surface area contributed by atoms with Crippen molar-refractivity contribution in [2.45, 2.75) is 25.8 Å². The second kappa shape index (κ2) is 6.71. The van der Waals surface area contributed by atoms with Gasteiger partial charge in [-0.15, -0.1) is 12.4 Å². The first-order valence-corrected chi connectivity index (χ1v) is 8.77. The quantitative estimate of drug-likeness (QED) is 0.903. The molecule has 22 heavy (non-hydrogen) atoms. The van der Waals surface area contributed by atoms with Crippen LogP contribution in [0, 0.1) is 5.41 Å². The van der Waals surface area contributed by atoms with Crippen LogP contribution in [0.1, 0.15) is 24.8 Å². The molecule has 4 heterocycles. The molecule has 0 bridgehead atoms. The van der Waals surface area contributed by atoms with Gasteiger partial charge in [0.1, 0.15) is 0 Å². The average molecular weight is 339 g/mol. The summed E-state index contributed by atoms with van der Waals surface area (Å²) in [4.78, 5) is 2.62. The Bertz CT molecular complexity index is 589. The molecule has 2 aliphatic heterocycles. The highest BCUT2D eigenvalue weighted by molar-refractivity contribution is 7.08. The minimum atomic E-state index is 0. The molecule has 2 aliphatic rings. The second-order valence-electron chi connectivity index (χ2n) is 6.49. The number of hydrogen-bond acceptors (Lipinski definition) is 4. The van der Waals surface area contributed by atoms with Crippen LogP contribution in [0.25, 0.3) is 11.3 Å². The molecule has 2 N–H and O–H groups in total. The Morgan fingerprint density at radius 1 is 1.27 bits per heavy atom. The van der Waals surface area contributed by atoms with E-state index in [0.717, 1.165) is 6.54 Å². The van der Waals surface area contributed by atoms with Gasteiger partial charge in [0.05, 0.1) is 11.9 Å². The molecular weight excluding hydrogens is 316 g/mol. The number of piperidine rings is 1. The molecule has 0 saturated carbocycles. The first-order valence-electron chi connectivity index (χ1n) is 7.83. The minimum Gasteiger partial charge on any atom is -0.317 e. The normalized spacial score (nSPS) is 21.1. The van der Waals surface area contributed by atoms with Gasteiger partial charge in [0, 0.05) is 29.6 Å². The number of hydrogen-bond donors (Lipinski definition) is 2. The molecule has 0 aromatic carbocycles. The van der Waals surface area contributed by atoms with Crippen LogP contribution in [-0.2, 0) is 6.54 Å². The SMILES string of the molecule is Cl.c1cc(-c2[nH]ncc2CN2CCC3(CCNCC3)C2)cs1. The molecule has 0 atom stereocenters. The maximum atomic E-state index is 4.27. The van der Waals surface area contributed by atoms with E-state index in [-0.39, 0.29) is 12.4 Å². The van der Waals surface area contributed by atoms with Gasteiger partial charge in [-0.25, -0.2) is 0 Å². The highest BCUT2D eigenvalue weighted by Crippen LogP contribution is 2.39. The highest BCUT2D eigenvalue weighted by atomic mass is 35.5. The van der Waals surface area contributed by atoms with Crippen LogP contribution in [0.2, 0.25) is 0 Å². The van der Waals surface area contributed by atoms with E-state index < -0.39 is 0 Å². The van der Waals surface area contributed by atoms with E-state index in [1.54, 1.807) is 11.3 Å². The van der Waals surface area contributed by atoms with Crippen molar-refractivity contribution in [2.75, 3.05) is 26.2 Å². The lowest BCUT2D eigenvalue weighted by atomic mass is 9.78. The Balaban J connectivity index is 0.00000144. The van der Waals surface area contributed by atoms with E-state index >= 15 is 0 Å². The molecule has 2 aromatic heterocycles. The van der Waals surface area contributed by atoms with Crippen molar-refractivity contribution in [3.05, 3.63) is 28.6 Å². The fourth-order valence-corrected chi connectivity index (χ4v) is 4.50. The number of nitrogens with one attached hydrogen (secondary N) is 2. The Hall–Kier alpha value is -0.880. The smallest absolute Gasteiger partial charge is 0.0703 e.